The van der Waals surface area contributed by atoms with Crippen molar-refractivity contribution in [2.45, 2.75) is 128 Å². The number of aromatic nitrogens is 1. The molecule has 188 valence electrons. The monoisotopic (exact) mass is 473 g/mol. The number of hydrogen-bond acceptors (Lipinski definition) is 3. The predicted octanol–water partition coefficient (Wildman–Crippen LogP) is 7.93. The van der Waals surface area contributed by atoms with Gasteiger partial charge in [-0.15, -0.1) is 0 Å². The van der Waals surface area contributed by atoms with E-state index in [0.29, 0.717) is 5.92 Å². The van der Waals surface area contributed by atoms with E-state index in [4.69, 9.17) is 9.72 Å². The van der Waals surface area contributed by atoms with Crippen LogP contribution in [0, 0.1) is 5.41 Å². The Hall–Kier alpha value is -1.71. The van der Waals surface area contributed by atoms with Crippen molar-refractivity contribution in [3.63, 3.8) is 0 Å². The average Bonchev–Trinajstić information content (AvgIpc) is 3.54. The second-order valence-corrected chi connectivity index (χ2v) is 13.8. The van der Waals surface area contributed by atoms with E-state index in [1.54, 1.807) is 0 Å². The Morgan fingerprint density at radius 2 is 1.71 bits per heavy atom. The maximum absolute atomic E-state index is 11.6. The summed E-state index contributed by atoms with van der Waals surface area (Å²) in [6.45, 7) is 11.4. The van der Waals surface area contributed by atoms with Crippen molar-refractivity contribution in [3.8, 4) is 0 Å². The highest BCUT2D eigenvalue weighted by atomic mass is 16.5. The van der Waals surface area contributed by atoms with Gasteiger partial charge in [-0.3, -0.25) is 4.98 Å². The fourth-order valence-corrected chi connectivity index (χ4v) is 7.66. The van der Waals surface area contributed by atoms with Crippen LogP contribution in [0.2, 0.25) is 0 Å². The molecule has 3 heteroatoms. The normalized spacial score (nSPS) is 27.4. The van der Waals surface area contributed by atoms with Crippen LogP contribution in [0.3, 0.4) is 0 Å². The summed E-state index contributed by atoms with van der Waals surface area (Å²) in [4.78, 5) is 5.47. The molecule has 1 N–H and O–H groups in total. The van der Waals surface area contributed by atoms with E-state index in [2.05, 4.69) is 58.9 Å². The zero-order valence-corrected chi connectivity index (χ0v) is 22.4. The smallest absolute Gasteiger partial charge is 0.111 e. The first-order valence-electron chi connectivity index (χ1n) is 14.1. The van der Waals surface area contributed by atoms with E-state index in [-0.39, 0.29) is 22.5 Å². The quantitative estimate of drug-likeness (QED) is 0.481. The standard InChI is InChI=1S/C32H43NO2/c1-30(2,3)22-14-10-13-21(17-22)29-26-27(32(35-29)15-8-9-16-32)25-23(18-31(4,5)19-24(25)34)33-28(26)20-11-6-7-12-20/h10,13-14,17,20,24,29,34H,6-9,11-12,15-16,18-19H2,1-5H3/t24-,29+/m0/s1. The maximum atomic E-state index is 11.6. The lowest BCUT2D eigenvalue weighted by atomic mass is 9.70. The van der Waals surface area contributed by atoms with Gasteiger partial charge in [0.2, 0.25) is 0 Å². The van der Waals surface area contributed by atoms with Crippen LogP contribution in [-0.2, 0) is 22.2 Å². The average molecular weight is 474 g/mol. The lowest BCUT2D eigenvalue weighted by molar-refractivity contribution is -0.0581. The second-order valence-electron chi connectivity index (χ2n) is 13.8. The van der Waals surface area contributed by atoms with Crippen molar-refractivity contribution >= 4 is 0 Å². The van der Waals surface area contributed by atoms with E-state index in [1.807, 2.05) is 0 Å². The minimum Gasteiger partial charge on any atom is -0.388 e. The molecule has 2 heterocycles. The molecule has 0 amide bonds. The summed E-state index contributed by atoms with van der Waals surface area (Å²) in [6.07, 6.45) is 10.8. The topological polar surface area (TPSA) is 42.4 Å². The minimum atomic E-state index is -0.451. The zero-order chi connectivity index (χ0) is 24.6. The highest BCUT2D eigenvalue weighted by Crippen LogP contribution is 2.60. The van der Waals surface area contributed by atoms with Crippen LogP contribution in [0.15, 0.2) is 24.3 Å². The van der Waals surface area contributed by atoms with Crippen molar-refractivity contribution in [3.05, 3.63) is 63.5 Å². The van der Waals surface area contributed by atoms with Gasteiger partial charge >= 0.3 is 0 Å². The van der Waals surface area contributed by atoms with Crippen molar-refractivity contribution in [1.82, 2.24) is 4.98 Å². The first kappa shape index (κ1) is 23.7. The van der Waals surface area contributed by atoms with Gasteiger partial charge in [0.1, 0.15) is 6.10 Å². The molecule has 6 rings (SSSR count). The molecule has 0 saturated heterocycles. The Morgan fingerprint density at radius 3 is 2.40 bits per heavy atom. The number of ether oxygens (including phenoxy) is 1. The minimum absolute atomic E-state index is 0.0728. The van der Waals surface area contributed by atoms with E-state index >= 15 is 0 Å². The van der Waals surface area contributed by atoms with Crippen LogP contribution < -0.4 is 0 Å². The maximum Gasteiger partial charge on any atom is 0.111 e. The van der Waals surface area contributed by atoms with Crippen molar-refractivity contribution < 1.29 is 9.84 Å². The molecule has 2 aromatic rings. The summed E-state index contributed by atoms with van der Waals surface area (Å²) in [6, 6.07) is 9.09. The summed E-state index contributed by atoms with van der Waals surface area (Å²) in [7, 11) is 0. The highest BCUT2D eigenvalue weighted by Gasteiger charge is 2.53. The van der Waals surface area contributed by atoms with E-state index in [1.165, 1.54) is 66.5 Å². The number of fused-ring (bicyclic) bond motifs is 4. The molecule has 0 radical (unpaired) electrons. The number of pyridine rings is 1. The molecule has 35 heavy (non-hydrogen) atoms. The molecule has 3 nitrogen and oxygen atoms in total. The summed E-state index contributed by atoms with van der Waals surface area (Å²) in [5.74, 6) is 0.518. The van der Waals surface area contributed by atoms with Gasteiger partial charge in [-0.2, -0.15) is 0 Å². The van der Waals surface area contributed by atoms with Crippen molar-refractivity contribution in [1.29, 1.82) is 0 Å². The van der Waals surface area contributed by atoms with Gasteiger partial charge in [0.15, 0.2) is 0 Å². The lowest BCUT2D eigenvalue weighted by Gasteiger charge is -2.38. The third kappa shape index (κ3) is 3.89. The van der Waals surface area contributed by atoms with Gasteiger partial charge < -0.3 is 9.84 Å². The summed E-state index contributed by atoms with van der Waals surface area (Å²) >= 11 is 0. The van der Waals surface area contributed by atoms with Gasteiger partial charge in [-0.05, 0) is 66.0 Å². The molecule has 0 unspecified atom stereocenters. The molecular weight excluding hydrogens is 430 g/mol. The molecule has 2 fully saturated rings. The molecule has 1 spiro atoms. The number of nitrogens with zero attached hydrogens (tertiary/aromatic N) is 1. The Kier molecular flexibility index (Phi) is 5.51. The van der Waals surface area contributed by atoms with Crippen LogP contribution in [0.1, 0.15) is 150 Å². The first-order valence-corrected chi connectivity index (χ1v) is 14.1. The fraction of sp³-hybridized carbons (Fsp3) is 0.656. The van der Waals surface area contributed by atoms with E-state index < -0.39 is 6.10 Å². The molecule has 1 aromatic carbocycles. The van der Waals surface area contributed by atoms with Crippen LogP contribution in [-0.4, -0.2) is 10.1 Å². The molecule has 1 aromatic heterocycles. The molecule has 4 aliphatic rings. The second kappa shape index (κ2) is 8.15. The highest BCUT2D eigenvalue weighted by molar-refractivity contribution is 5.55. The lowest BCUT2D eigenvalue weighted by Crippen LogP contribution is -2.32. The summed E-state index contributed by atoms with van der Waals surface area (Å²) in [5, 5.41) is 11.6. The third-order valence-electron chi connectivity index (χ3n) is 9.38. The van der Waals surface area contributed by atoms with Gasteiger partial charge in [0.05, 0.1) is 17.4 Å². The molecule has 1 aliphatic heterocycles. The van der Waals surface area contributed by atoms with Gasteiger partial charge in [-0.25, -0.2) is 0 Å². The van der Waals surface area contributed by atoms with E-state index in [0.717, 1.165) is 36.9 Å². The van der Waals surface area contributed by atoms with Crippen LogP contribution in [0.5, 0.6) is 0 Å². The Morgan fingerprint density at radius 1 is 1.00 bits per heavy atom. The van der Waals surface area contributed by atoms with Crippen LogP contribution in [0.4, 0.5) is 0 Å². The Balaban J connectivity index is 1.61. The molecular formula is C32H43NO2. The molecule has 2 atom stereocenters. The zero-order valence-electron chi connectivity index (χ0n) is 22.4. The Bertz CT molecular complexity index is 1130. The SMILES string of the molecule is CC1(C)Cc2nc(C3CCCC3)c3c(c2[C@@H](O)C1)C1(CCCC1)O[C@@H]3c1cccc(C(C)(C)C)c1. The fourth-order valence-electron chi connectivity index (χ4n) is 7.66. The Labute approximate surface area is 211 Å². The van der Waals surface area contributed by atoms with Crippen LogP contribution >= 0.6 is 0 Å². The summed E-state index contributed by atoms with van der Waals surface area (Å²) in [5.41, 5.74) is 8.80. The molecule has 0 bridgehead atoms. The third-order valence-corrected chi connectivity index (χ3v) is 9.38. The van der Waals surface area contributed by atoms with E-state index in [9.17, 15) is 5.11 Å². The number of aliphatic hydroxyl groups excluding tert-OH is 1. The number of rotatable bonds is 2. The van der Waals surface area contributed by atoms with Gasteiger partial charge in [0, 0.05) is 22.7 Å². The molecule has 2 saturated carbocycles. The largest absolute Gasteiger partial charge is 0.388 e. The van der Waals surface area contributed by atoms with Crippen molar-refractivity contribution in [2.75, 3.05) is 0 Å². The predicted molar refractivity (Wildman–Crippen MR) is 141 cm³/mol. The van der Waals surface area contributed by atoms with Crippen LogP contribution in [0.25, 0.3) is 0 Å². The number of aliphatic hydroxyl groups is 1. The van der Waals surface area contributed by atoms with Gasteiger partial charge in [0.25, 0.3) is 0 Å². The van der Waals surface area contributed by atoms with Gasteiger partial charge in [-0.1, -0.05) is 84.6 Å². The number of benzene rings is 1. The number of hydrogen-bond donors (Lipinski definition) is 1. The van der Waals surface area contributed by atoms with Crippen molar-refractivity contribution in [2.24, 2.45) is 5.41 Å². The molecule has 3 aliphatic carbocycles. The first-order chi connectivity index (χ1) is 16.6. The summed E-state index contributed by atoms with van der Waals surface area (Å²) < 4.78 is 7.25.